The van der Waals surface area contributed by atoms with Gasteiger partial charge in [-0.1, -0.05) is 15.9 Å². The van der Waals surface area contributed by atoms with E-state index in [0.29, 0.717) is 0 Å². The fourth-order valence-corrected chi connectivity index (χ4v) is 3.75. The molecular formula is C8H7BrF7N. The van der Waals surface area contributed by atoms with E-state index < -0.39 is 47.3 Å². The van der Waals surface area contributed by atoms with Gasteiger partial charge in [0.05, 0.1) is 6.04 Å². The van der Waals surface area contributed by atoms with E-state index in [1.165, 1.54) is 5.32 Å². The van der Waals surface area contributed by atoms with Crippen molar-refractivity contribution in [3.8, 4) is 0 Å². The summed E-state index contributed by atoms with van der Waals surface area (Å²) in [5.74, 6) is -1.87. The Bertz CT molecular complexity index is 311. The molecule has 9 heteroatoms. The first kappa shape index (κ1) is 13.4. The van der Waals surface area contributed by atoms with Crippen LogP contribution in [-0.2, 0) is 0 Å². The third kappa shape index (κ3) is 1.54. The van der Waals surface area contributed by atoms with Gasteiger partial charge < -0.3 is 0 Å². The molecule has 0 spiro atoms. The molecule has 2 bridgehead atoms. The van der Waals surface area contributed by atoms with Crippen LogP contribution in [0.15, 0.2) is 0 Å². The number of alkyl halides is 8. The second-order valence-electron chi connectivity index (χ2n) is 4.28. The minimum Gasteiger partial charge on any atom is -0.289 e. The molecule has 1 heterocycles. The number of hydrogen-bond donors (Lipinski definition) is 1. The van der Waals surface area contributed by atoms with Crippen molar-refractivity contribution in [3.63, 3.8) is 0 Å². The zero-order valence-electron chi connectivity index (χ0n) is 8.04. The van der Waals surface area contributed by atoms with Crippen LogP contribution in [0, 0.1) is 5.92 Å². The number of halogens is 8. The van der Waals surface area contributed by atoms with Crippen molar-refractivity contribution in [2.24, 2.45) is 5.92 Å². The largest absolute Gasteiger partial charge is 0.415 e. The van der Waals surface area contributed by atoms with E-state index in [4.69, 9.17) is 0 Å². The number of nitrogens with one attached hydrogen (secondary N) is 1. The second-order valence-corrected chi connectivity index (χ2v) is 5.33. The molecule has 2 fully saturated rings. The summed E-state index contributed by atoms with van der Waals surface area (Å²) in [6.45, 7) is 0. The summed E-state index contributed by atoms with van der Waals surface area (Å²) in [5.41, 5.74) is -4.00. The van der Waals surface area contributed by atoms with Gasteiger partial charge in [-0.2, -0.15) is 26.3 Å². The monoisotopic (exact) mass is 329 g/mol. The molecule has 0 amide bonds. The third-order valence-electron chi connectivity index (χ3n) is 3.44. The van der Waals surface area contributed by atoms with Crippen molar-refractivity contribution in [3.05, 3.63) is 0 Å². The number of piperidine rings is 1. The number of hydrogen-bond acceptors (Lipinski definition) is 1. The highest BCUT2D eigenvalue weighted by atomic mass is 79.9. The Hall–Kier alpha value is -0.0500. The molecule has 1 nitrogen and oxygen atoms in total. The van der Waals surface area contributed by atoms with Gasteiger partial charge >= 0.3 is 12.4 Å². The van der Waals surface area contributed by atoms with Gasteiger partial charge in [-0.05, 0) is 6.42 Å². The topological polar surface area (TPSA) is 12.0 Å². The fraction of sp³-hybridized carbons (Fsp3) is 1.00. The predicted octanol–water partition coefficient (Wildman–Crippen LogP) is 2.94. The maximum atomic E-state index is 13.2. The first-order valence-corrected chi connectivity index (χ1v) is 5.63. The van der Waals surface area contributed by atoms with Crippen LogP contribution in [0.4, 0.5) is 30.7 Å². The van der Waals surface area contributed by atoms with E-state index in [0.717, 1.165) is 0 Å². The maximum absolute atomic E-state index is 13.2. The van der Waals surface area contributed by atoms with Crippen LogP contribution in [0.1, 0.15) is 6.42 Å². The van der Waals surface area contributed by atoms with Gasteiger partial charge in [0.25, 0.3) is 0 Å². The standard InChI is InChI=1S/C8H7BrF7N/c9-4-2-1-3(10)5(4)17-6(2,7(11,12)13)8(14,15)16/h2-5,17H,1H2/t2-,3+,4+,5-/m0/s1. The molecule has 0 aromatic heterocycles. The van der Waals surface area contributed by atoms with Gasteiger partial charge in [-0.3, -0.25) is 5.32 Å². The molecule has 1 N–H and O–H groups in total. The molecule has 0 aromatic carbocycles. The Morgan fingerprint density at radius 3 is 1.76 bits per heavy atom. The molecule has 0 radical (unpaired) electrons. The van der Waals surface area contributed by atoms with E-state index in [1.807, 2.05) is 0 Å². The number of rotatable bonds is 0. The normalized spacial score (nSPS) is 40.9. The van der Waals surface area contributed by atoms with Gasteiger partial charge in [0, 0.05) is 10.7 Å². The van der Waals surface area contributed by atoms with Crippen molar-refractivity contribution in [1.29, 1.82) is 0 Å². The molecular weight excluding hydrogens is 323 g/mol. The van der Waals surface area contributed by atoms with Gasteiger partial charge in [-0.15, -0.1) is 0 Å². The van der Waals surface area contributed by atoms with Crippen LogP contribution in [0.2, 0.25) is 0 Å². The lowest BCUT2D eigenvalue weighted by molar-refractivity contribution is -0.319. The van der Waals surface area contributed by atoms with E-state index in [2.05, 4.69) is 15.9 Å². The highest BCUT2D eigenvalue weighted by Gasteiger charge is 2.81. The summed E-state index contributed by atoms with van der Waals surface area (Å²) in [7, 11) is 0. The van der Waals surface area contributed by atoms with E-state index in [1.54, 1.807) is 0 Å². The highest BCUT2D eigenvalue weighted by molar-refractivity contribution is 9.09. The molecule has 17 heavy (non-hydrogen) atoms. The molecule has 1 saturated heterocycles. The summed E-state index contributed by atoms with van der Waals surface area (Å²) >= 11 is 2.73. The lowest BCUT2D eigenvalue weighted by Gasteiger charge is -2.41. The Morgan fingerprint density at radius 2 is 1.53 bits per heavy atom. The van der Waals surface area contributed by atoms with E-state index in [9.17, 15) is 30.7 Å². The molecule has 2 rings (SSSR count). The molecule has 100 valence electrons. The highest BCUT2D eigenvalue weighted by Crippen LogP contribution is 2.59. The van der Waals surface area contributed by atoms with Crippen LogP contribution in [0.5, 0.6) is 0 Å². The van der Waals surface area contributed by atoms with Gasteiger partial charge in [0.15, 0.2) is 0 Å². The molecule has 4 atom stereocenters. The number of fused-ring (bicyclic) bond motifs is 2. The Labute approximate surface area is 99.9 Å². The quantitative estimate of drug-likeness (QED) is 0.532. The van der Waals surface area contributed by atoms with E-state index >= 15 is 0 Å². The minimum atomic E-state index is -5.50. The van der Waals surface area contributed by atoms with Crippen molar-refractivity contribution < 1.29 is 30.7 Å². The molecule has 1 aliphatic carbocycles. The Balaban J connectivity index is 2.48. The molecule has 2 aliphatic rings. The average Bonchev–Trinajstić information content (AvgIpc) is 2.53. The lowest BCUT2D eigenvalue weighted by atomic mass is 9.82. The Morgan fingerprint density at radius 1 is 1.06 bits per heavy atom. The van der Waals surface area contributed by atoms with Gasteiger partial charge in [0.2, 0.25) is 5.54 Å². The lowest BCUT2D eigenvalue weighted by Crippen LogP contribution is -2.70. The second kappa shape index (κ2) is 3.49. The molecule has 1 aliphatic heterocycles. The summed E-state index contributed by atoms with van der Waals surface area (Å²) in [4.78, 5) is -1.17. The fourth-order valence-electron chi connectivity index (χ4n) is 2.67. The van der Waals surface area contributed by atoms with Gasteiger partial charge in [-0.25, -0.2) is 4.39 Å². The first-order valence-electron chi connectivity index (χ1n) is 4.71. The smallest absolute Gasteiger partial charge is 0.289 e. The summed E-state index contributed by atoms with van der Waals surface area (Å²) in [6, 6.07) is -1.46. The molecule has 0 unspecified atom stereocenters. The first-order chi connectivity index (χ1) is 7.52. The van der Waals surface area contributed by atoms with Gasteiger partial charge in [0.1, 0.15) is 6.17 Å². The zero-order chi connectivity index (χ0) is 13.2. The van der Waals surface area contributed by atoms with E-state index in [-0.39, 0.29) is 0 Å². The Kier molecular flexibility index (Phi) is 2.75. The molecule has 1 saturated carbocycles. The van der Waals surface area contributed by atoms with Crippen LogP contribution < -0.4 is 5.32 Å². The maximum Gasteiger partial charge on any atom is 0.415 e. The summed E-state index contributed by atoms with van der Waals surface area (Å²) in [5, 5.41) is 1.41. The summed E-state index contributed by atoms with van der Waals surface area (Å²) < 4.78 is 89.6. The predicted molar refractivity (Wildman–Crippen MR) is 47.5 cm³/mol. The third-order valence-corrected chi connectivity index (χ3v) is 4.65. The van der Waals surface area contributed by atoms with Crippen LogP contribution in [0.25, 0.3) is 0 Å². The van der Waals surface area contributed by atoms with Crippen molar-refractivity contribution in [1.82, 2.24) is 5.32 Å². The minimum absolute atomic E-state index is 0.743. The van der Waals surface area contributed by atoms with Crippen molar-refractivity contribution >= 4 is 15.9 Å². The zero-order valence-corrected chi connectivity index (χ0v) is 9.63. The van der Waals surface area contributed by atoms with Crippen LogP contribution >= 0.6 is 15.9 Å². The summed E-state index contributed by atoms with van der Waals surface area (Å²) in [6.07, 6.45) is -13.4. The average molecular weight is 330 g/mol. The SMILES string of the molecule is F[C@@H]1C[C@H]2[C@@H](Br)[C@H]1NC2(C(F)(F)F)C(F)(F)F. The van der Waals surface area contributed by atoms with Crippen molar-refractivity contribution in [2.75, 3.05) is 0 Å². The van der Waals surface area contributed by atoms with Crippen LogP contribution in [0.3, 0.4) is 0 Å². The van der Waals surface area contributed by atoms with Crippen molar-refractivity contribution in [2.45, 2.75) is 41.4 Å². The van der Waals surface area contributed by atoms with Crippen LogP contribution in [-0.4, -0.2) is 34.9 Å². The molecule has 0 aromatic rings.